The van der Waals surface area contributed by atoms with Crippen LogP contribution < -0.4 is 5.32 Å². The first kappa shape index (κ1) is 15.6. The van der Waals surface area contributed by atoms with Crippen LogP contribution in [0.25, 0.3) is 0 Å². The summed E-state index contributed by atoms with van der Waals surface area (Å²) in [6, 6.07) is 5.48. The minimum atomic E-state index is -0.345. The van der Waals surface area contributed by atoms with E-state index in [2.05, 4.69) is 33.0 Å². The van der Waals surface area contributed by atoms with Crippen LogP contribution in [0.2, 0.25) is 0 Å². The molecule has 1 N–H and O–H groups in total. The second-order valence-electron chi connectivity index (χ2n) is 6.05. The molecule has 0 aromatic heterocycles. The number of nitrogens with zero attached hydrogens (tertiary/aromatic N) is 1. The minimum Gasteiger partial charge on any atom is -0.313 e. The molecule has 4 heteroatoms. The van der Waals surface area contributed by atoms with Crippen LogP contribution in [0.5, 0.6) is 0 Å². The molecule has 0 spiro atoms. The fourth-order valence-electron chi connectivity index (χ4n) is 2.17. The van der Waals surface area contributed by atoms with Crippen LogP contribution >= 0.6 is 0 Å². The van der Waals surface area contributed by atoms with E-state index < -0.39 is 0 Å². The van der Waals surface area contributed by atoms with Crippen molar-refractivity contribution < 1.29 is 4.92 Å². The summed E-state index contributed by atoms with van der Waals surface area (Å²) >= 11 is 0. The van der Waals surface area contributed by atoms with Gasteiger partial charge in [0.1, 0.15) is 0 Å². The van der Waals surface area contributed by atoms with Gasteiger partial charge in [0.25, 0.3) is 5.69 Å². The molecular formula is C15H24N2O2. The minimum absolute atomic E-state index is 0.157. The highest BCUT2D eigenvalue weighted by atomic mass is 16.6. The van der Waals surface area contributed by atoms with Gasteiger partial charge < -0.3 is 5.32 Å². The highest BCUT2D eigenvalue weighted by molar-refractivity contribution is 5.39. The van der Waals surface area contributed by atoms with Gasteiger partial charge in [0.15, 0.2) is 0 Å². The third-order valence-electron chi connectivity index (χ3n) is 3.46. The molecule has 0 aliphatic carbocycles. The number of nitro benzene ring substituents is 1. The number of hydrogen-bond donors (Lipinski definition) is 1. The van der Waals surface area contributed by atoms with Gasteiger partial charge in [-0.3, -0.25) is 10.1 Å². The normalized spacial score (nSPS) is 13.3. The van der Waals surface area contributed by atoms with E-state index in [0.717, 1.165) is 18.5 Å². The van der Waals surface area contributed by atoms with Crippen LogP contribution in [0.3, 0.4) is 0 Å². The summed E-state index contributed by atoms with van der Waals surface area (Å²) in [6.07, 6.45) is 0.890. The molecule has 19 heavy (non-hydrogen) atoms. The lowest BCUT2D eigenvalue weighted by Gasteiger charge is -2.32. The summed E-state index contributed by atoms with van der Waals surface area (Å²) in [5.74, 6) is 0. The van der Waals surface area contributed by atoms with Crippen LogP contribution in [-0.2, 0) is 6.42 Å². The number of non-ortho nitro benzene ring substituents is 1. The molecule has 0 heterocycles. The summed E-state index contributed by atoms with van der Waals surface area (Å²) in [4.78, 5) is 10.4. The molecule has 1 aromatic carbocycles. The molecular weight excluding hydrogens is 240 g/mol. The Bertz CT molecular complexity index is 450. The zero-order chi connectivity index (χ0) is 14.6. The van der Waals surface area contributed by atoms with Crippen molar-refractivity contribution in [3.63, 3.8) is 0 Å². The first-order valence-corrected chi connectivity index (χ1v) is 6.73. The van der Waals surface area contributed by atoms with Gasteiger partial charge in [0.05, 0.1) is 4.92 Å². The van der Waals surface area contributed by atoms with E-state index in [1.165, 1.54) is 5.56 Å². The molecule has 0 saturated heterocycles. The van der Waals surface area contributed by atoms with Crippen LogP contribution in [0.15, 0.2) is 18.2 Å². The molecule has 4 nitrogen and oxygen atoms in total. The van der Waals surface area contributed by atoms with E-state index in [0.29, 0.717) is 6.04 Å². The molecule has 0 saturated carbocycles. The summed E-state index contributed by atoms with van der Waals surface area (Å²) in [5.41, 5.74) is 2.48. The van der Waals surface area contributed by atoms with Gasteiger partial charge in [0, 0.05) is 18.2 Å². The summed E-state index contributed by atoms with van der Waals surface area (Å²) in [6.45, 7) is 11.6. The van der Waals surface area contributed by atoms with Crippen molar-refractivity contribution in [3.8, 4) is 0 Å². The first-order valence-electron chi connectivity index (χ1n) is 6.73. The Labute approximate surface area is 115 Å². The maximum atomic E-state index is 10.7. The summed E-state index contributed by atoms with van der Waals surface area (Å²) < 4.78 is 0. The predicted octanol–water partition coefficient (Wildman–Crippen LogP) is 3.47. The Morgan fingerprint density at radius 3 is 2.42 bits per heavy atom. The predicted molar refractivity (Wildman–Crippen MR) is 78.5 cm³/mol. The lowest BCUT2D eigenvalue weighted by Crippen LogP contribution is -2.42. The molecule has 0 bridgehead atoms. The van der Waals surface area contributed by atoms with Gasteiger partial charge in [-0.25, -0.2) is 0 Å². The number of rotatable bonds is 5. The summed E-state index contributed by atoms with van der Waals surface area (Å²) in [7, 11) is 0. The number of benzene rings is 1. The van der Waals surface area contributed by atoms with Gasteiger partial charge in [-0.2, -0.15) is 0 Å². The maximum absolute atomic E-state index is 10.7. The molecule has 0 amide bonds. The van der Waals surface area contributed by atoms with Crippen molar-refractivity contribution in [3.05, 3.63) is 39.4 Å². The third kappa shape index (κ3) is 4.31. The topological polar surface area (TPSA) is 55.2 Å². The van der Waals surface area contributed by atoms with Crippen LogP contribution in [-0.4, -0.2) is 17.5 Å². The van der Waals surface area contributed by atoms with E-state index in [4.69, 9.17) is 0 Å². The van der Waals surface area contributed by atoms with Gasteiger partial charge >= 0.3 is 0 Å². The van der Waals surface area contributed by atoms with Gasteiger partial charge in [0.2, 0.25) is 0 Å². The average molecular weight is 264 g/mol. The lowest BCUT2D eigenvalue weighted by molar-refractivity contribution is -0.384. The van der Waals surface area contributed by atoms with Crippen molar-refractivity contribution in [2.24, 2.45) is 5.41 Å². The van der Waals surface area contributed by atoms with Crippen molar-refractivity contribution in [1.82, 2.24) is 5.32 Å². The number of nitrogens with one attached hydrogen (secondary N) is 1. The van der Waals surface area contributed by atoms with Crippen LogP contribution in [0, 0.1) is 22.5 Å². The maximum Gasteiger partial charge on any atom is 0.269 e. The average Bonchev–Trinajstić information content (AvgIpc) is 2.29. The summed E-state index contributed by atoms with van der Waals surface area (Å²) in [5, 5.41) is 14.2. The fourth-order valence-corrected chi connectivity index (χ4v) is 2.17. The van der Waals surface area contributed by atoms with Crippen molar-refractivity contribution in [2.45, 2.75) is 47.1 Å². The third-order valence-corrected chi connectivity index (χ3v) is 3.46. The molecule has 0 aliphatic rings. The number of nitro groups is 1. The van der Waals surface area contributed by atoms with E-state index in [1.54, 1.807) is 12.1 Å². The monoisotopic (exact) mass is 264 g/mol. The van der Waals surface area contributed by atoms with E-state index in [9.17, 15) is 10.1 Å². The number of likely N-dealkylation sites (N-methyl/N-ethyl adjacent to an activating group) is 1. The van der Waals surface area contributed by atoms with Gasteiger partial charge in [-0.1, -0.05) is 33.8 Å². The highest BCUT2D eigenvalue weighted by Crippen LogP contribution is 2.25. The number of aryl methyl sites for hydroxylation is 1. The van der Waals surface area contributed by atoms with Crippen molar-refractivity contribution in [1.29, 1.82) is 0 Å². The Hall–Kier alpha value is -1.42. The Kier molecular flexibility index (Phi) is 5.06. The lowest BCUT2D eigenvalue weighted by atomic mass is 9.82. The van der Waals surface area contributed by atoms with Crippen LogP contribution in [0.4, 0.5) is 5.69 Å². The first-order chi connectivity index (χ1) is 8.75. The van der Waals surface area contributed by atoms with E-state index in [1.807, 2.05) is 13.0 Å². The molecule has 0 fully saturated rings. The Balaban J connectivity index is 2.94. The molecule has 0 aliphatic heterocycles. The van der Waals surface area contributed by atoms with E-state index in [-0.39, 0.29) is 16.0 Å². The van der Waals surface area contributed by atoms with Gasteiger partial charge in [-0.05, 0) is 36.4 Å². The zero-order valence-electron chi connectivity index (χ0n) is 12.5. The Morgan fingerprint density at radius 2 is 2.00 bits per heavy atom. The smallest absolute Gasteiger partial charge is 0.269 e. The molecule has 1 atom stereocenters. The molecule has 1 aromatic rings. The quantitative estimate of drug-likeness (QED) is 0.654. The molecule has 106 valence electrons. The van der Waals surface area contributed by atoms with E-state index >= 15 is 0 Å². The highest BCUT2D eigenvalue weighted by Gasteiger charge is 2.24. The number of hydrogen-bond acceptors (Lipinski definition) is 3. The second-order valence-corrected chi connectivity index (χ2v) is 6.05. The molecule has 1 rings (SSSR count). The fraction of sp³-hybridized carbons (Fsp3) is 0.600. The largest absolute Gasteiger partial charge is 0.313 e. The molecule has 1 unspecified atom stereocenters. The van der Waals surface area contributed by atoms with Crippen LogP contribution in [0.1, 0.15) is 38.8 Å². The SMILES string of the molecule is CCNC(Cc1ccc([N+](=O)[O-])cc1C)C(C)(C)C. The van der Waals surface area contributed by atoms with Crippen molar-refractivity contribution in [2.75, 3.05) is 6.54 Å². The van der Waals surface area contributed by atoms with Gasteiger partial charge in [-0.15, -0.1) is 0 Å². The second kappa shape index (κ2) is 6.15. The standard InChI is InChI=1S/C15H24N2O2/c1-6-16-14(15(3,4)5)10-12-7-8-13(17(18)19)9-11(12)2/h7-9,14,16H,6,10H2,1-5H3. The zero-order valence-corrected chi connectivity index (χ0v) is 12.5. The van der Waals surface area contributed by atoms with Crippen molar-refractivity contribution >= 4 is 5.69 Å². The molecule has 0 radical (unpaired) electrons. The Morgan fingerprint density at radius 1 is 1.37 bits per heavy atom.